The summed E-state index contributed by atoms with van der Waals surface area (Å²) in [7, 11) is 0. The quantitative estimate of drug-likeness (QED) is 0.703. The van der Waals surface area contributed by atoms with Crippen molar-refractivity contribution in [1.82, 2.24) is 10.2 Å². The van der Waals surface area contributed by atoms with Crippen LogP contribution in [0.5, 0.6) is 0 Å². The van der Waals surface area contributed by atoms with Gasteiger partial charge in [0.1, 0.15) is 0 Å². The third-order valence-electron chi connectivity index (χ3n) is 5.70. The topological polar surface area (TPSA) is 15.3 Å². The molecule has 118 valence electrons. The van der Waals surface area contributed by atoms with E-state index >= 15 is 0 Å². The average Bonchev–Trinajstić information content (AvgIpc) is 2.90. The number of nitrogens with one attached hydrogen (secondary N) is 1. The molecule has 0 radical (unpaired) electrons. The van der Waals surface area contributed by atoms with Gasteiger partial charge in [-0.2, -0.15) is 0 Å². The van der Waals surface area contributed by atoms with Gasteiger partial charge in [0.25, 0.3) is 0 Å². The second-order valence-electron chi connectivity index (χ2n) is 7.20. The molecule has 0 aromatic rings. The maximum atomic E-state index is 3.68. The Labute approximate surface area is 126 Å². The lowest BCUT2D eigenvalue weighted by atomic mass is 9.79. The van der Waals surface area contributed by atoms with Crippen molar-refractivity contribution in [3.05, 3.63) is 0 Å². The standard InChI is InChI=1S/C18H36N2/c1-3-19-15-18(13-9-5-6-10-14-18)16-20(4-2)17-11-7-8-12-17/h17,19H,3-16H2,1-2H3. The molecule has 2 nitrogen and oxygen atoms in total. The smallest absolute Gasteiger partial charge is 0.00953 e. The molecule has 20 heavy (non-hydrogen) atoms. The molecule has 0 bridgehead atoms. The average molecular weight is 280 g/mol. The summed E-state index contributed by atoms with van der Waals surface area (Å²) in [5, 5.41) is 3.68. The monoisotopic (exact) mass is 280 g/mol. The molecule has 0 unspecified atom stereocenters. The van der Waals surface area contributed by atoms with Gasteiger partial charge in [-0.15, -0.1) is 0 Å². The van der Waals surface area contributed by atoms with Gasteiger partial charge in [-0.25, -0.2) is 0 Å². The third-order valence-corrected chi connectivity index (χ3v) is 5.70. The molecule has 2 heteroatoms. The highest BCUT2D eigenvalue weighted by Crippen LogP contribution is 2.37. The Morgan fingerprint density at radius 2 is 1.60 bits per heavy atom. The van der Waals surface area contributed by atoms with Crippen LogP contribution >= 0.6 is 0 Å². The second-order valence-corrected chi connectivity index (χ2v) is 7.20. The highest BCUT2D eigenvalue weighted by Gasteiger charge is 2.34. The maximum Gasteiger partial charge on any atom is 0.00953 e. The lowest BCUT2D eigenvalue weighted by molar-refractivity contribution is 0.0984. The molecule has 2 fully saturated rings. The van der Waals surface area contributed by atoms with Crippen LogP contribution in [0.15, 0.2) is 0 Å². The minimum absolute atomic E-state index is 0.561. The van der Waals surface area contributed by atoms with Crippen LogP contribution in [0, 0.1) is 5.41 Å². The Morgan fingerprint density at radius 1 is 0.950 bits per heavy atom. The molecule has 0 aromatic carbocycles. The molecule has 2 aliphatic carbocycles. The summed E-state index contributed by atoms with van der Waals surface area (Å²) >= 11 is 0. The van der Waals surface area contributed by atoms with E-state index in [9.17, 15) is 0 Å². The van der Waals surface area contributed by atoms with Gasteiger partial charge in [0.2, 0.25) is 0 Å². The summed E-state index contributed by atoms with van der Waals surface area (Å²) in [5.74, 6) is 0. The Morgan fingerprint density at radius 3 is 2.15 bits per heavy atom. The van der Waals surface area contributed by atoms with Crippen molar-refractivity contribution >= 4 is 0 Å². The molecule has 0 aliphatic heterocycles. The van der Waals surface area contributed by atoms with E-state index < -0.39 is 0 Å². The number of hydrogen-bond acceptors (Lipinski definition) is 2. The minimum atomic E-state index is 0.561. The predicted molar refractivity (Wildman–Crippen MR) is 88.2 cm³/mol. The Bertz CT molecular complexity index is 250. The zero-order valence-electron chi connectivity index (χ0n) is 13.9. The van der Waals surface area contributed by atoms with Gasteiger partial charge < -0.3 is 10.2 Å². The van der Waals surface area contributed by atoms with Crippen molar-refractivity contribution in [3.63, 3.8) is 0 Å². The first kappa shape index (κ1) is 16.3. The molecule has 0 heterocycles. The third kappa shape index (κ3) is 4.46. The van der Waals surface area contributed by atoms with E-state index in [4.69, 9.17) is 0 Å². The van der Waals surface area contributed by atoms with E-state index in [0.29, 0.717) is 5.41 Å². The fraction of sp³-hybridized carbons (Fsp3) is 1.00. The first-order chi connectivity index (χ1) is 9.79. The van der Waals surface area contributed by atoms with Crippen molar-refractivity contribution < 1.29 is 0 Å². The molecule has 2 aliphatic rings. The fourth-order valence-electron chi connectivity index (χ4n) is 4.46. The highest BCUT2D eigenvalue weighted by atomic mass is 15.2. The van der Waals surface area contributed by atoms with Gasteiger partial charge >= 0.3 is 0 Å². The van der Waals surface area contributed by atoms with Gasteiger partial charge in [-0.3, -0.25) is 0 Å². The molecule has 0 aromatic heterocycles. The second kappa shape index (κ2) is 8.38. The molecule has 0 spiro atoms. The SMILES string of the molecule is CCNCC1(CN(CC)C2CCCC2)CCCCCC1. The van der Waals surface area contributed by atoms with Crippen LogP contribution in [0.3, 0.4) is 0 Å². The minimum Gasteiger partial charge on any atom is -0.316 e. The predicted octanol–water partition coefficient (Wildman–Crippen LogP) is 4.20. The zero-order valence-corrected chi connectivity index (χ0v) is 13.9. The van der Waals surface area contributed by atoms with Crippen LogP contribution in [-0.4, -0.2) is 37.1 Å². The first-order valence-electron chi connectivity index (χ1n) is 9.24. The van der Waals surface area contributed by atoms with Crippen molar-refractivity contribution in [2.24, 2.45) is 5.41 Å². The van der Waals surface area contributed by atoms with Gasteiger partial charge in [-0.05, 0) is 44.2 Å². The molecule has 2 saturated carbocycles. The van der Waals surface area contributed by atoms with Gasteiger partial charge in [0.15, 0.2) is 0 Å². The lowest BCUT2D eigenvalue weighted by Crippen LogP contribution is -2.47. The fourth-order valence-corrected chi connectivity index (χ4v) is 4.46. The van der Waals surface area contributed by atoms with Crippen LogP contribution < -0.4 is 5.32 Å². The summed E-state index contributed by atoms with van der Waals surface area (Å²) in [6.45, 7) is 9.58. The Hall–Kier alpha value is -0.0800. The summed E-state index contributed by atoms with van der Waals surface area (Å²) < 4.78 is 0. The number of rotatable bonds is 7. The molecule has 2 rings (SSSR count). The van der Waals surface area contributed by atoms with E-state index in [1.807, 2.05) is 0 Å². The van der Waals surface area contributed by atoms with E-state index in [-0.39, 0.29) is 0 Å². The van der Waals surface area contributed by atoms with Crippen LogP contribution in [0.2, 0.25) is 0 Å². The Balaban J connectivity index is 2.00. The van der Waals surface area contributed by atoms with Crippen LogP contribution in [-0.2, 0) is 0 Å². The normalized spacial score (nSPS) is 24.1. The van der Waals surface area contributed by atoms with Gasteiger partial charge in [0, 0.05) is 19.1 Å². The van der Waals surface area contributed by atoms with Gasteiger partial charge in [0.05, 0.1) is 0 Å². The molecule has 0 amide bonds. The van der Waals surface area contributed by atoms with Crippen molar-refractivity contribution in [3.8, 4) is 0 Å². The highest BCUT2D eigenvalue weighted by molar-refractivity contribution is 4.89. The Kier molecular flexibility index (Phi) is 6.83. The van der Waals surface area contributed by atoms with E-state index in [0.717, 1.165) is 12.6 Å². The van der Waals surface area contributed by atoms with Crippen LogP contribution in [0.1, 0.15) is 78.1 Å². The molecular formula is C18H36N2. The largest absolute Gasteiger partial charge is 0.316 e. The summed E-state index contributed by atoms with van der Waals surface area (Å²) in [6, 6.07) is 0.891. The summed E-state index contributed by atoms with van der Waals surface area (Å²) in [6.07, 6.45) is 14.5. The van der Waals surface area contributed by atoms with E-state index in [1.165, 1.54) is 83.8 Å². The van der Waals surface area contributed by atoms with Crippen LogP contribution in [0.4, 0.5) is 0 Å². The lowest BCUT2D eigenvalue weighted by Gasteiger charge is -2.40. The summed E-state index contributed by atoms with van der Waals surface area (Å²) in [5.41, 5.74) is 0.561. The zero-order chi connectivity index (χ0) is 14.3. The number of hydrogen-bond donors (Lipinski definition) is 1. The van der Waals surface area contributed by atoms with Crippen LogP contribution in [0.25, 0.3) is 0 Å². The molecular weight excluding hydrogens is 244 g/mol. The molecule has 0 atom stereocenters. The van der Waals surface area contributed by atoms with E-state index in [2.05, 4.69) is 24.1 Å². The maximum absolute atomic E-state index is 3.68. The summed E-state index contributed by atoms with van der Waals surface area (Å²) in [4.78, 5) is 2.83. The first-order valence-corrected chi connectivity index (χ1v) is 9.24. The molecule has 0 saturated heterocycles. The van der Waals surface area contributed by atoms with E-state index in [1.54, 1.807) is 0 Å². The van der Waals surface area contributed by atoms with Crippen molar-refractivity contribution in [2.45, 2.75) is 84.1 Å². The van der Waals surface area contributed by atoms with Gasteiger partial charge in [-0.1, -0.05) is 52.4 Å². The van der Waals surface area contributed by atoms with Crippen molar-refractivity contribution in [2.75, 3.05) is 26.2 Å². The number of nitrogens with zero attached hydrogens (tertiary/aromatic N) is 1. The molecule has 1 N–H and O–H groups in total. The van der Waals surface area contributed by atoms with Crippen molar-refractivity contribution in [1.29, 1.82) is 0 Å².